The monoisotopic (exact) mass is 311 g/mol. The first-order valence-electron chi connectivity index (χ1n) is 5.75. The quantitative estimate of drug-likeness (QED) is 0.364. The molecule has 1 aromatic carbocycles. The highest BCUT2D eigenvalue weighted by Gasteiger charge is 2.12. The smallest absolute Gasteiger partial charge is 0.111 e. The minimum atomic E-state index is 0.377. The average Bonchev–Trinajstić information content (AvgIpc) is 2.38. The number of halogens is 2. The van der Waals surface area contributed by atoms with Crippen molar-refractivity contribution < 1.29 is 4.74 Å². The standard InChI is InChI=1S/C14H15Cl2N3O/c1-9(20-4)11(7-17)10-5-12(15)14(13(16)6-10)18-8-19(2)3/h5-6,8H,1-4H3/b11-9+,18-8?. The van der Waals surface area contributed by atoms with E-state index in [-0.39, 0.29) is 0 Å². The van der Waals surface area contributed by atoms with Gasteiger partial charge in [-0.05, 0) is 24.6 Å². The third-order valence-corrected chi connectivity index (χ3v) is 3.07. The van der Waals surface area contributed by atoms with Crippen LogP contribution < -0.4 is 0 Å². The van der Waals surface area contributed by atoms with Crippen LogP contribution in [0, 0.1) is 11.3 Å². The van der Waals surface area contributed by atoms with E-state index in [0.29, 0.717) is 32.6 Å². The molecule has 0 aliphatic carbocycles. The molecule has 4 nitrogen and oxygen atoms in total. The van der Waals surface area contributed by atoms with Crippen molar-refractivity contribution in [2.75, 3.05) is 21.2 Å². The summed E-state index contributed by atoms with van der Waals surface area (Å²) in [6.07, 6.45) is 1.61. The van der Waals surface area contributed by atoms with Crippen LogP contribution >= 0.6 is 23.2 Å². The molecule has 0 fully saturated rings. The van der Waals surface area contributed by atoms with Crippen LogP contribution in [0.1, 0.15) is 12.5 Å². The maximum Gasteiger partial charge on any atom is 0.111 e. The van der Waals surface area contributed by atoms with E-state index < -0.39 is 0 Å². The Kier molecular flexibility index (Phi) is 5.87. The molecular weight excluding hydrogens is 297 g/mol. The van der Waals surface area contributed by atoms with Crippen LogP contribution in [0.4, 0.5) is 5.69 Å². The van der Waals surface area contributed by atoms with Gasteiger partial charge in [-0.3, -0.25) is 0 Å². The Morgan fingerprint density at radius 1 is 1.35 bits per heavy atom. The van der Waals surface area contributed by atoms with Gasteiger partial charge < -0.3 is 9.64 Å². The summed E-state index contributed by atoms with van der Waals surface area (Å²) in [5.74, 6) is 0.504. The highest BCUT2D eigenvalue weighted by molar-refractivity contribution is 6.39. The molecule has 0 radical (unpaired) electrons. The third kappa shape index (κ3) is 3.89. The van der Waals surface area contributed by atoms with E-state index in [2.05, 4.69) is 11.1 Å². The third-order valence-electron chi connectivity index (χ3n) is 2.49. The lowest BCUT2D eigenvalue weighted by Gasteiger charge is -2.09. The maximum absolute atomic E-state index is 9.20. The topological polar surface area (TPSA) is 48.6 Å². The zero-order valence-corrected chi connectivity index (χ0v) is 13.2. The van der Waals surface area contributed by atoms with E-state index in [1.807, 2.05) is 14.1 Å². The lowest BCUT2D eigenvalue weighted by atomic mass is 10.1. The van der Waals surface area contributed by atoms with E-state index >= 15 is 0 Å². The number of nitrogens with zero attached hydrogens (tertiary/aromatic N) is 3. The number of rotatable bonds is 4. The summed E-state index contributed by atoms with van der Waals surface area (Å²) in [4.78, 5) is 5.98. The van der Waals surface area contributed by atoms with Gasteiger partial charge in [-0.25, -0.2) is 4.99 Å². The van der Waals surface area contributed by atoms with Crippen LogP contribution in [-0.2, 0) is 4.74 Å². The zero-order chi connectivity index (χ0) is 15.3. The first kappa shape index (κ1) is 16.4. The molecule has 0 aromatic heterocycles. The molecule has 0 N–H and O–H groups in total. The van der Waals surface area contributed by atoms with Crippen molar-refractivity contribution in [1.82, 2.24) is 4.90 Å². The lowest BCUT2D eigenvalue weighted by molar-refractivity contribution is 0.296. The van der Waals surface area contributed by atoms with Crippen LogP contribution in [0.15, 0.2) is 22.9 Å². The van der Waals surface area contributed by atoms with E-state index in [1.54, 1.807) is 30.3 Å². The molecule has 0 saturated carbocycles. The summed E-state index contributed by atoms with van der Waals surface area (Å²) >= 11 is 12.4. The van der Waals surface area contributed by atoms with Gasteiger partial charge in [0.05, 0.1) is 29.1 Å². The Morgan fingerprint density at radius 3 is 2.30 bits per heavy atom. The van der Waals surface area contributed by atoms with Gasteiger partial charge in [0, 0.05) is 14.1 Å². The average molecular weight is 312 g/mol. The Hall–Kier alpha value is -1.70. The predicted octanol–water partition coefficient (Wildman–Crippen LogP) is 4.12. The van der Waals surface area contributed by atoms with Crippen molar-refractivity contribution in [2.45, 2.75) is 6.92 Å². The second-order valence-electron chi connectivity index (χ2n) is 4.24. The molecule has 0 bridgehead atoms. The van der Waals surface area contributed by atoms with E-state index in [9.17, 15) is 5.26 Å². The molecule has 6 heteroatoms. The maximum atomic E-state index is 9.20. The SMILES string of the molecule is CO/C(C)=C(\C#N)c1cc(Cl)c(N=CN(C)C)c(Cl)c1. The van der Waals surface area contributed by atoms with Gasteiger partial charge >= 0.3 is 0 Å². The number of nitriles is 1. The van der Waals surface area contributed by atoms with E-state index in [4.69, 9.17) is 27.9 Å². The highest BCUT2D eigenvalue weighted by Crippen LogP contribution is 2.36. The van der Waals surface area contributed by atoms with Crippen molar-refractivity contribution in [3.8, 4) is 6.07 Å². The first-order valence-corrected chi connectivity index (χ1v) is 6.51. The number of hydrogen-bond acceptors (Lipinski definition) is 3. The number of aliphatic imine (C=N–C) groups is 1. The fourth-order valence-corrected chi connectivity index (χ4v) is 2.04. The number of allylic oxidation sites excluding steroid dienone is 2. The molecule has 0 heterocycles. The molecule has 106 valence electrons. The number of hydrogen-bond donors (Lipinski definition) is 0. The van der Waals surface area contributed by atoms with Gasteiger partial charge in [0.2, 0.25) is 0 Å². The minimum absolute atomic E-state index is 0.377. The molecular formula is C14H15Cl2N3O. The molecule has 20 heavy (non-hydrogen) atoms. The first-order chi connectivity index (χ1) is 9.40. The van der Waals surface area contributed by atoms with Gasteiger partial charge in [0.15, 0.2) is 0 Å². The molecule has 0 atom stereocenters. The molecule has 0 aliphatic heterocycles. The summed E-state index contributed by atoms with van der Waals surface area (Å²) in [5.41, 5.74) is 1.46. The molecule has 1 aromatic rings. The van der Waals surface area contributed by atoms with E-state index in [0.717, 1.165) is 0 Å². The van der Waals surface area contributed by atoms with Gasteiger partial charge in [-0.2, -0.15) is 5.26 Å². The Bertz CT molecular complexity index is 578. The van der Waals surface area contributed by atoms with Crippen LogP contribution in [-0.4, -0.2) is 32.4 Å². The van der Waals surface area contributed by atoms with Gasteiger partial charge in [-0.1, -0.05) is 23.2 Å². The second kappa shape index (κ2) is 7.18. The Balaban J connectivity index is 3.35. The van der Waals surface area contributed by atoms with Crippen molar-refractivity contribution in [3.63, 3.8) is 0 Å². The molecule has 0 amide bonds. The van der Waals surface area contributed by atoms with Gasteiger partial charge in [0.25, 0.3) is 0 Å². The van der Waals surface area contributed by atoms with Crippen LogP contribution in [0.3, 0.4) is 0 Å². The van der Waals surface area contributed by atoms with Crippen LogP contribution in [0.2, 0.25) is 10.0 Å². The fourth-order valence-electron chi connectivity index (χ4n) is 1.45. The van der Waals surface area contributed by atoms with Gasteiger partial charge in [-0.15, -0.1) is 0 Å². The van der Waals surface area contributed by atoms with Crippen molar-refractivity contribution in [2.24, 2.45) is 4.99 Å². The molecule has 0 unspecified atom stereocenters. The molecule has 1 rings (SSSR count). The number of benzene rings is 1. The summed E-state index contributed by atoms with van der Waals surface area (Å²) in [6.45, 7) is 1.71. The highest BCUT2D eigenvalue weighted by atomic mass is 35.5. The largest absolute Gasteiger partial charge is 0.500 e. The molecule has 0 spiro atoms. The van der Waals surface area contributed by atoms with Gasteiger partial charge in [0.1, 0.15) is 17.5 Å². The summed E-state index contributed by atoms with van der Waals surface area (Å²) in [7, 11) is 5.20. The zero-order valence-electron chi connectivity index (χ0n) is 11.7. The number of methoxy groups -OCH3 is 1. The lowest BCUT2D eigenvalue weighted by Crippen LogP contribution is -2.07. The molecule has 0 saturated heterocycles. The fraction of sp³-hybridized carbons (Fsp3) is 0.286. The van der Waals surface area contributed by atoms with Crippen LogP contribution in [0.5, 0.6) is 0 Å². The van der Waals surface area contributed by atoms with Crippen LogP contribution in [0.25, 0.3) is 5.57 Å². The molecule has 0 aliphatic rings. The minimum Gasteiger partial charge on any atom is -0.500 e. The second-order valence-corrected chi connectivity index (χ2v) is 5.06. The van der Waals surface area contributed by atoms with Crippen molar-refractivity contribution >= 4 is 40.8 Å². The van der Waals surface area contributed by atoms with E-state index in [1.165, 1.54) is 7.11 Å². The Morgan fingerprint density at radius 2 is 1.90 bits per heavy atom. The summed E-state index contributed by atoms with van der Waals surface area (Å²) in [6, 6.07) is 5.38. The van der Waals surface area contributed by atoms with Crippen molar-refractivity contribution in [1.29, 1.82) is 5.26 Å². The predicted molar refractivity (Wildman–Crippen MR) is 83.5 cm³/mol. The summed E-state index contributed by atoms with van der Waals surface area (Å²) < 4.78 is 5.08. The summed E-state index contributed by atoms with van der Waals surface area (Å²) in [5, 5.41) is 9.95. The normalized spacial score (nSPS) is 12.1. The Labute approximate surface area is 128 Å². The van der Waals surface area contributed by atoms with Crippen molar-refractivity contribution in [3.05, 3.63) is 33.5 Å². The number of ether oxygens (including phenoxy) is 1.